The zero-order chi connectivity index (χ0) is 21.5. The molecule has 0 N–H and O–H groups in total. The van der Waals surface area contributed by atoms with Gasteiger partial charge in [-0.3, -0.25) is 9.78 Å². The van der Waals surface area contributed by atoms with Crippen LogP contribution in [0.15, 0.2) is 103 Å². The van der Waals surface area contributed by atoms with Gasteiger partial charge in [0.1, 0.15) is 5.75 Å². The van der Waals surface area contributed by atoms with Crippen molar-refractivity contribution in [2.45, 2.75) is 13.1 Å². The van der Waals surface area contributed by atoms with Gasteiger partial charge in [0, 0.05) is 18.3 Å². The van der Waals surface area contributed by atoms with Gasteiger partial charge in [-0.25, -0.2) is 0 Å². The van der Waals surface area contributed by atoms with E-state index in [0.29, 0.717) is 18.7 Å². The number of benzene rings is 3. The number of hydrogen-bond donors (Lipinski definition) is 0. The summed E-state index contributed by atoms with van der Waals surface area (Å²) in [4.78, 5) is 20.0. The van der Waals surface area contributed by atoms with Gasteiger partial charge >= 0.3 is 0 Å². The molecule has 0 radical (unpaired) electrons. The molecule has 0 atom stereocenters. The maximum atomic E-state index is 13.7. The van der Waals surface area contributed by atoms with E-state index in [0.717, 1.165) is 28.1 Å². The van der Waals surface area contributed by atoms with Crippen molar-refractivity contribution in [3.8, 4) is 16.9 Å². The molecule has 0 spiro atoms. The molecule has 0 aliphatic rings. The van der Waals surface area contributed by atoms with Gasteiger partial charge in [-0.1, -0.05) is 66.7 Å². The second kappa shape index (κ2) is 9.72. The molecule has 0 saturated carbocycles. The van der Waals surface area contributed by atoms with Crippen molar-refractivity contribution in [1.82, 2.24) is 9.88 Å². The van der Waals surface area contributed by atoms with Gasteiger partial charge in [0.25, 0.3) is 5.91 Å². The first-order chi connectivity index (χ1) is 15.2. The molecular formula is C27H24N2O2. The minimum atomic E-state index is -0.0269. The lowest BCUT2D eigenvalue weighted by atomic mass is 9.98. The number of methoxy groups -OCH3 is 1. The van der Waals surface area contributed by atoms with Crippen LogP contribution in [0.1, 0.15) is 21.6 Å². The van der Waals surface area contributed by atoms with Crippen LogP contribution in [-0.2, 0) is 13.1 Å². The van der Waals surface area contributed by atoms with E-state index in [-0.39, 0.29) is 5.91 Å². The normalized spacial score (nSPS) is 10.5. The van der Waals surface area contributed by atoms with E-state index in [4.69, 9.17) is 4.74 Å². The van der Waals surface area contributed by atoms with Crippen LogP contribution in [0.25, 0.3) is 11.1 Å². The standard InChI is InChI=1S/C27H24N2O2/c1-31-24-16-14-21(15-17-24)19-29(20-23-11-7-8-18-28-23)27(30)26-13-6-5-12-25(26)22-9-3-2-4-10-22/h2-18H,19-20H2,1H3. The molecule has 0 aliphatic heterocycles. The van der Waals surface area contributed by atoms with Crippen molar-refractivity contribution >= 4 is 5.91 Å². The van der Waals surface area contributed by atoms with Crippen LogP contribution in [0, 0.1) is 0 Å². The van der Waals surface area contributed by atoms with Crippen LogP contribution in [0.5, 0.6) is 5.75 Å². The smallest absolute Gasteiger partial charge is 0.255 e. The minimum absolute atomic E-state index is 0.0269. The number of nitrogens with zero attached hydrogens (tertiary/aromatic N) is 2. The van der Waals surface area contributed by atoms with E-state index in [2.05, 4.69) is 4.98 Å². The predicted octanol–water partition coefficient (Wildman–Crippen LogP) is 5.60. The highest BCUT2D eigenvalue weighted by Crippen LogP contribution is 2.26. The van der Waals surface area contributed by atoms with Gasteiger partial charge in [-0.05, 0) is 47.0 Å². The Bertz CT molecular complexity index is 1130. The van der Waals surface area contributed by atoms with Crippen molar-refractivity contribution in [3.63, 3.8) is 0 Å². The molecule has 4 heteroatoms. The largest absolute Gasteiger partial charge is 0.497 e. The van der Waals surface area contributed by atoms with Crippen molar-refractivity contribution in [2.24, 2.45) is 0 Å². The molecule has 1 amide bonds. The first-order valence-electron chi connectivity index (χ1n) is 10.2. The van der Waals surface area contributed by atoms with E-state index >= 15 is 0 Å². The molecule has 0 bridgehead atoms. The minimum Gasteiger partial charge on any atom is -0.497 e. The van der Waals surface area contributed by atoms with E-state index in [9.17, 15) is 4.79 Å². The van der Waals surface area contributed by atoms with Crippen molar-refractivity contribution in [1.29, 1.82) is 0 Å². The Hall–Kier alpha value is -3.92. The number of ether oxygens (including phenoxy) is 1. The highest BCUT2D eigenvalue weighted by Gasteiger charge is 2.20. The Morgan fingerprint density at radius 3 is 2.23 bits per heavy atom. The van der Waals surface area contributed by atoms with E-state index in [1.807, 2.05) is 102 Å². The summed E-state index contributed by atoms with van der Waals surface area (Å²) < 4.78 is 5.26. The van der Waals surface area contributed by atoms with Gasteiger partial charge < -0.3 is 9.64 Å². The number of rotatable bonds is 7. The third-order valence-corrected chi connectivity index (χ3v) is 5.14. The average Bonchev–Trinajstić information content (AvgIpc) is 2.85. The quantitative estimate of drug-likeness (QED) is 0.400. The molecule has 0 unspecified atom stereocenters. The summed E-state index contributed by atoms with van der Waals surface area (Å²) in [6.07, 6.45) is 1.75. The zero-order valence-electron chi connectivity index (χ0n) is 17.4. The molecular weight excluding hydrogens is 384 g/mol. The third-order valence-electron chi connectivity index (χ3n) is 5.14. The maximum Gasteiger partial charge on any atom is 0.255 e. The summed E-state index contributed by atoms with van der Waals surface area (Å²) in [5.41, 5.74) is 4.50. The summed E-state index contributed by atoms with van der Waals surface area (Å²) in [5, 5.41) is 0. The first-order valence-corrected chi connectivity index (χ1v) is 10.2. The predicted molar refractivity (Wildman–Crippen MR) is 123 cm³/mol. The van der Waals surface area contributed by atoms with Gasteiger partial charge in [-0.15, -0.1) is 0 Å². The Kier molecular flexibility index (Phi) is 6.38. The van der Waals surface area contributed by atoms with E-state index in [1.165, 1.54) is 0 Å². The van der Waals surface area contributed by atoms with Crippen LogP contribution in [0.4, 0.5) is 0 Å². The lowest BCUT2D eigenvalue weighted by Gasteiger charge is -2.24. The molecule has 154 valence electrons. The molecule has 1 aromatic heterocycles. The number of aromatic nitrogens is 1. The number of amides is 1. The molecule has 4 nitrogen and oxygen atoms in total. The monoisotopic (exact) mass is 408 g/mol. The highest BCUT2D eigenvalue weighted by atomic mass is 16.5. The molecule has 4 rings (SSSR count). The SMILES string of the molecule is COc1ccc(CN(Cc2ccccn2)C(=O)c2ccccc2-c2ccccc2)cc1. The third kappa shape index (κ3) is 4.98. The highest BCUT2D eigenvalue weighted by molar-refractivity contribution is 6.00. The fraction of sp³-hybridized carbons (Fsp3) is 0.111. The van der Waals surface area contributed by atoms with Crippen molar-refractivity contribution < 1.29 is 9.53 Å². The summed E-state index contributed by atoms with van der Waals surface area (Å²) in [6.45, 7) is 0.900. The van der Waals surface area contributed by atoms with Crippen LogP contribution in [-0.4, -0.2) is 22.9 Å². The zero-order valence-corrected chi connectivity index (χ0v) is 17.4. The van der Waals surface area contributed by atoms with Crippen LogP contribution in [0.2, 0.25) is 0 Å². The Labute approximate surface area is 182 Å². The second-order valence-corrected chi connectivity index (χ2v) is 7.24. The topological polar surface area (TPSA) is 42.4 Å². The molecule has 3 aromatic carbocycles. The molecule has 0 saturated heterocycles. The van der Waals surface area contributed by atoms with Gasteiger partial charge in [-0.2, -0.15) is 0 Å². The molecule has 4 aromatic rings. The second-order valence-electron chi connectivity index (χ2n) is 7.24. The number of carbonyl (C=O) groups is 1. The fourth-order valence-corrected chi connectivity index (χ4v) is 3.55. The summed E-state index contributed by atoms with van der Waals surface area (Å²) in [7, 11) is 1.65. The Morgan fingerprint density at radius 2 is 1.52 bits per heavy atom. The Morgan fingerprint density at radius 1 is 0.806 bits per heavy atom. The van der Waals surface area contributed by atoms with Crippen LogP contribution < -0.4 is 4.74 Å². The first kappa shape index (κ1) is 20.4. The maximum absolute atomic E-state index is 13.7. The van der Waals surface area contributed by atoms with Crippen LogP contribution in [0.3, 0.4) is 0 Å². The molecule has 31 heavy (non-hydrogen) atoms. The van der Waals surface area contributed by atoms with Crippen molar-refractivity contribution in [3.05, 3.63) is 120 Å². The molecule has 1 heterocycles. The molecule has 0 aliphatic carbocycles. The van der Waals surface area contributed by atoms with E-state index in [1.54, 1.807) is 13.3 Å². The van der Waals surface area contributed by atoms with Gasteiger partial charge in [0.05, 0.1) is 19.3 Å². The molecule has 0 fully saturated rings. The Balaban J connectivity index is 1.68. The van der Waals surface area contributed by atoms with Gasteiger partial charge in [0.15, 0.2) is 0 Å². The van der Waals surface area contributed by atoms with Crippen LogP contribution >= 0.6 is 0 Å². The summed E-state index contributed by atoms with van der Waals surface area (Å²) >= 11 is 0. The van der Waals surface area contributed by atoms with E-state index < -0.39 is 0 Å². The summed E-state index contributed by atoms with van der Waals surface area (Å²) in [6, 6.07) is 31.3. The average molecular weight is 409 g/mol. The number of hydrogen-bond acceptors (Lipinski definition) is 3. The van der Waals surface area contributed by atoms with Crippen molar-refractivity contribution in [2.75, 3.05) is 7.11 Å². The number of carbonyl (C=O) groups excluding carboxylic acids is 1. The number of pyridine rings is 1. The van der Waals surface area contributed by atoms with Gasteiger partial charge in [0.2, 0.25) is 0 Å². The summed E-state index contributed by atoms with van der Waals surface area (Å²) in [5.74, 6) is 0.765. The lowest BCUT2D eigenvalue weighted by molar-refractivity contribution is 0.0728. The fourth-order valence-electron chi connectivity index (χ4n) is 3.55. The lowest BCUT2D eigenvalue weighted by Crippen LogP contribution is -2.30.